The Labute approximate surface area is 111 Å². The number of ether oxygens (including phenoxy) is 1. The van der Waals surface area contributed by atoms with Crippen molar-refractivity contribution >= 4 is 6.47 Å². The SMILES string of the molecule is CC(C)(C)OC=O.CC1CN(CCCN)CCN1. The molecule has 108 valence electrons. The zero-order chi connectivity index (χ0) is 14.0. The second-order valence-electron chi connectivity index (χ2n) is 5.62. The summed E-state index contributed by atoms with van der Waals surface area (Å²) < 4.78 is 4.55. The van der Waals surface area contributed by atoms with Crippen molar-refractivity contribution in [2.24, 2.45) is 5.73 Å². The third kappa shape index (κ3) is 10.5. The Bertz CT molecular complexity index is 217. The summed E-state index contributed by atoms with van der Waals surface area (Å²) in [7, 11) is 0. The summed E-state index contributed by atoms with van der Waals surface area (Å²) in [5.41, 5.74) is 5.12. The number of hydrogen-bond donors (Lipinski definition) is 2. The van der Waals surface area contributed by atoms with Gasteiger partial charge >= 0.3 is 0 Å². The Balaban J connectivity index is 0.000000360. The molecule has 18 heavy (non-hydrogen) atoms. The largest absolute Gasteiger partial charge is 0.462 e. The molecule has 1 unspecified atom stereocenters. The monoisotopic (exact) mass is 259 g/mol. The molecule has 0 amide bonds. The van der Waals surface area contributed by atoms with Gasteiger partial charge in [-0.05, 0) is 47.2 Å². The highest BCUT2D eigenvalue weighted by Gasteiger charge is 2.13. The zero-order valence-corrected chi connectivity index (χ0v) is 12.2. The average Bonchev–Trinajstić information content (AvgIpc) is 2.26. The van der Waals surface area contributed by atoms with E-state index in [0.29, 0.717) is 12.5 Å². The fourth-order valence-corrected chi connectivity index (χ4v) is 1.67. The molecule has 3 N–H and O–H groups in total. The van der Waals surface area contributed by atoms with Gasteiger partial charge in [0.15, 0.2) is 0 Å². The van der Waals surface area contributed by atoms with Crippen LogP contribution in [0.2, 0.25) is 0 Å². The summed E-state index contributed by atoms with van der Waals surface area (Å²) in [6.45, 7) is 13.6. The molecule has 0 aromatic rings. The molecule has 0 aliphatic carbocycles. The number of nitrogens with two attached hydrogens (primary N) is 1. The van der Waals surface area contributed by atoms with Crippen molar-refractivity contribution in [3.8, 4) is 0 Å². The summed E-state index contributed by atoms with van der Waals surface area (Å²) in [5, 5.41) is 3.42. The maximum Gasteiger partial charge on any atom is 0.293 e. The minimum Gasteiger partial charge on any atom is -0.462 e. The molecule has 1 saturated heterocycles. The van der Waals surface area contributed by atoms with E-state index in [2.05, 4.69) is 21.9 Å². The Morgan fingerprint density at radius 3 is 2.56 bits per heavy atom. The van der Waals surface area contributed by atoms with Crippen molar-refractivity contribution in [2.45, 2.75) is 45.8 Å². The fraction of sp³-hybridized carbons (Fsp3) is 0.923. The summed E-state index contributed by atoms with van der Waals surface area (Å²) in [6.07, 6.45) is 1.13. The molecule has 1 aliphatic rings. The molecule has 0 saturated carbocycles. The molecule has 0 spiro atoms. The van der Waals surface area contributed by atoms with Gasteiger partial charge in [0.05, 0.1) is 0 Å². The lowest BCUT2D eigenvalue weighted by Crippen LogP contribution is -2.49. The van der Waals surface area contributed by atoms with Crippen LogP contribution in [-0.2, 0) is 9.53 Å². The average molecular weight is 259 g/mol. The van der Waals surface area contributed by atoms with Crippen molar-refractivity contribution in [1.29, 1.82) is 0 Å². The minimum atomic E-state index is -0.318. The standard InChI is InChI=1S/C8H19N3.C5H10O2/c1-8-7-11(5-2-3-9)6-4-10-8;1-5(2,3)7-4-6/h8,10H,2-7,9H2,1H3;4H,1-3H3. The molecule has 1 fully saturated rings. The molecule has 5 nitrogen and oxygen atoms in total. The topological polar surface area (TPSA) is 67.6 Å². The number of nitrogens with zero attached hydrogens (tertiary/aromatic N) is 1. The summed E-state index contributed by atoms with van der Waals surface area (Å²) in [5.74, 6) is 0. The van der Waals surface area contributed by atoms with Crippen LogP contribution in [0, 0.1) is 0 Å². The van der Waals surface area contributed by atoms with Crippen LogP contribution in [0.25, 0.3) is 0 Å². The predicted octanol–water partition coefficient (Wildman–Crippen LogP) is 0.587. The van der Waals surface area contributed by atoms with Crippen molar-refractivity contribution < 1.29 is 9.53 Å². The van der Waals surface area contributed by atoms with Crippen LogP contribution in [0.3, 0.4) is 0 Å². The molecule has 1 aliphatic heterocycles. The normalized spacial score (nSPS) is 20.8. The molecule has 1 atom stereocenters. The molecule has 1 rings (SSSR count). The number of hydrogen-bond acceptors (Lipinski definition) is 5. The van der Waals surface area contributed by atoms with Crippen LogP contribution < -0.4 is 11.1 Å². The van der Waals surface area contributed by atoms with Gasteiger partial charge in [-0.1, -0.05) is 0 Å². The van der Waals surface area contributed by atoms with Gasteiger partial charge in [-0.2, -0.15) is 0 Å². The first-order valence-electron chi connectivity index (χ1n) is 6.66. The van der Waals surface area contributed by atoms with Gasteiger partial charge in [0.1, 0.15) is 5.60 Å². The van der Waals surface area contributed by atoms with Crippen LogP contribution in [0.1, 0.15) is 34.1 Å². The van der Waals surface area contributed by atoms with E-state index in [-0.39, 0.29) is 5.60 Å². The predicted molar refractivity (Wildman–Crippen MR) is 74.5 cm³/mol. The summed E-state index contributed by atoms with van der Waals surface area (Å²) in [6, 6.07) is 0.654. The molecule has 0 bridgehead atoms. The Morgan fingerprint density at radius 2 is 2.17 bits per heavy atom. The van der Waals surface area contributed by atoms with Crippen LogP contribution >= 0.6 is 0 Å². The first-order valence-corrected chi connectivity index (χ1v) is 6.66. The van der Waals surface area contributed by atoms with E-state index in [9.17, 15) is 4.79 Å². The van der Waals surface area contributed by atoms with Crippen molar-refractivity contribution in [3.05, 3.63) is 0 Å². The van der Waals surface area contributed by atoms with E-state index in [0.717, 1.165) is 19.5 Å². The van der Waals surface area contributed by atoms with E-state index < -0.39 is 0 Å². The van der Waals surface area contributed by atoms with Crippen LogP contribution in [0.15, 0.2) is 0 Å². The second kappa shape index (κ2) is 9.30. The van der Waals surface area contributed by atoms with E-state index in [4.69, 9.17) is 5.73 Å². The van der Waals surface area contributed by atoms with Crippen molar-refractivity contribution in [2.75, 3.05) is 32.7 Å². The maximum absolute atomic E-state index is 9.60. The van der Waals surface area contributed by atoms with Crippen molar-refractivity contribution in [3.63, 3.8) is 0 Å². The number of carbonyl (C=O) groups excluding carboxylic acids is 1. The number of piperazine rings is 1. The third-order valence-electron chi connectivity index (χ3n) is 2.53. The highest BCUT2D eigenvalue weighted by molar-refractivity contribution is 5.37. The quantitative estimate of drug-likeness (QED) is 0.723. The van der Waals surface area contributed by atoms with Gasteiger partial charge in [0, 0.05) is 25.7 Å². The smallest absolute Gasteiger partial charge is 0.293 e. The first-order chi connectivity index (χ1) is 8.39. The van der Waals surface area contributed by atoms with Crippen LogP contribution in [-0.4, -0.2) is 55.7 Å². The Kier molecular flexibility index (Phi) is 8.97. The van der Waals surface area contributed by atoms with E-state index in [1.54, 1.807) is 0 Å². The number of rotatable bonds is 4. The van der Waals surface area contributed by atoms with Gasteiger partial charge in [-0.15, -0.1) is 0 Å². The summed E-state index contributed by atoms with van der Waals surface area (Å²) in [4.78, 5) is 12.1. The minimum absolute atomic E-state index is 0.318. The van der Waals surface area contributed by atoms with Gasteiger partial charge < -0.3 is 20.7 Å². The van der Waals surface area contributed by atoms with E-state index in [1.807, 2.05) is 20.8 Å². The molecule has 5 heteroatoms. The second-order valence-corrected chi connectivity index (χ2v) is 5.62. The lowest BCUT2D eigenvalue weighted by atomic mass is 10.2. The van der Waals surface area contributed by atoms with Gasteiger partial charge in [-0.25, -0.2) is 0 Å². The molecule has 0 radical (unpaired) electrons. The lowest BCUT2D eigenvalue weighted by molar-refractivity contribution is -0.138. The maximum atomic E-state index is 9.60. The highest BCUT2D eigenvalue weighted by atomic mass is 16.5. The molecule has 0 aromatic heterocycles. The number of nitrogens with one attached hydrogen (secondary N) is 1. The molecular weight excluding hydrogens is 230 g/mol. The van der Waals surface area contributed by atoms with Gasteiger partial charge in [0.2, 0.25) is 0 Å². The van der Waals surface area contributed by atoms with E-state index >= 15 is 0 Å². The fourth-order valence-electron chi connectivity index (χ4n) is 1.67. The molecule has 1 heterocycles. The van der Waals surface area contributed by atoms with Crippen LogP contribution in [0.5, 0.6) is 0 Å². The molecular formula is C13H29N3O2. The highest BCUT2D eigenvalue weighted by Crippen LogP contribution is 2.02. The van der Waals surface area contributed by atoms with Gasteiger partial charge in [0.25, 0.3) is 6.47 Å². The Morgan fingerprint density at radius 1 is 1.50 bits per heavy atom. The molecule has 0 aromatic carbocycles. The van der Waals surface area contributed by atoms with Crippen LogP contribution in [0.4, 0.5) is 0 Å². The third-order valence-corrected chi connectivity index (χ3v) is 2.53. The zero-order valence-electron chi connectivity index (χ0n) is 12.2. The van der Waals surface area contributed by atoms with Crippen molar-refractivity contribution in [1.82, 2.24) is 10.2 Å². The van der Waals surface area contributed by atoms with E-state index in [1.165, 1.54) is 19.6 Å². The lowest BCUT2D eigenvalue weighted by Gasteiger charge is -2.31. The van der Waals surface area contributed by atoms with Gasteiger partial charge in [-0.3, -0.25) is 4.79 Å². The number of carbonyl (C=O) groups is 1. The Hall–Kier alpha value is -0.650. The summed E-state index contributed by atoms with van der Waals surface area (Å²) >= 11 is 0. The first kappa shape index (κ1) is 17.4.